The summed E-state index contributed by atoms with van der Waals surface area (Å²) in [6, 6.07) is 5.70. The third-order valence-corrected chi connectivity index (χ3v) is 4.30. The highest BCUT2D eigenvalue weighted by Gasteiger charge is 2.40. The van der Waals surface area contributed by atoms with Crippen molar-refractivity contribution in [1.82, 2.24) is 29.8 Å². The maximum Gasteiger partial charge on any atom is 0.434 e. The molecule has 0 saturated carbocycles. The largest absolute Gasteiger partial charge is 0.434 e. The SMILES string of the molecule is O=C(Nc1cnc(-n2nccn2)c(Cl)c1)c1cnn(-c2cccc(F)c2)c1C(F)(F)F. The minimum absolute atomic E-state index is 0.0394. The van der Waals surface area contributed by atoms with Gasteiger partial charge < -0.3 is 5.32 Å². The summed E-state index contributed by atoms with van der Waals surface area (Å²) in [7, 11) is 0. The number of aromatic nitrogens is 6. The second kappa shape index (κ2) is 7.80. The van der Waals surface area contributed by atoms with Crippen LogP contribution in [-0.4, -0.2) is 35.7 Å². The molecule has 31 heavy (non-hydrogen) atoms. The predicted octanol–water partition coefficient (Wildman–Crippen LogP) is 3.91. The number of halogens is 5. The molecule has 0 spiro atoms. The molecule has 0 saturated heterocycles. The molecule has 0 atom stereocenters. The van der Waals surface area contributed by atoms with Gasteiger partial charge in [0.2, 0.25) is 0 Å². The Morgan fingerprint density at radius 2 is 1.81 bits per heavy atom. The number of nitrogens with zero attached hydrogens (tertiary/aromatic N) is 6. The molecule has 0 bridgehead atoms. The second-order valence-corrected chi connectivity index (χ2v) is 6.51. The summed E-state index contributed by atoms with van der Waals surface area (Å²) in [6.07, 6.45) is -0.195. The Morgan fingerprint density at radius 1 is 1.06 bits per heavy atom. The number of rotatable bonds is 4. The van der Waals surface area contributed by atoms with E-state index in [2.05, 4.69) is 25.6 Å². The number of carbonyl (C=O) groups is 1. The van der Waals surface area contributed by atoms with E-state index in [1.54, 1.807) is 0 Å². The number of pyridine rings is 1. The fraction of sp³-hybridized carbons (Fsp3) is 0.0556. The lowest BCUT2D eigenvalue weighted by Crippen LogP contribution is -2.21. The zero-order chi connectivity index (χ0) is 22.2. The van der Waals surface area contributed by atoms with E-state index >= 15 is 0 Å². The minimum Gasteiger partial charge on any atom is -0.320 e. The van der Waals surface area contributed by atoms with Crippen LogP contribution < -0.4 is 5.32 Å². The molecule has 0 fully saturated rings. The summed E-state index contributed by atoms with van der Waals surface area (Å²) >= 11 is 6.11. The molecule has 0 unspecified atom stereocenters. The Balaban J connectivity index is 1.67. The van der Waals surface area contributed by atoms with E-state index in [1.165, 1.54) is 36.8 Å². The van der Waals surface area contributed by atoms with Gasteiger partial charge >= 0.3 is 6.18 Å². The van der Waals surface area contributed by atoms with Crippen LogP contribution in [0.15, 0.2) is 55.1 Å². The molecule has 0 radical (unpaired) electrons. The molecule has 0 aliphatic carbocycles. The van der Waals surface area contributed by atoms with E-state index in [1.807, 2.05) is 0 Å². The van der Waals surface area contributed by atoms with Crippen molar-refractivity contribution in [1.29, 1.82) is 0 Å². The summed E-state index contributed by atoms with van der Waals surface area (Å²) in [4.78, 5) is 17.7. The third kappa shape index (κ3) is 4.10. The third-order valence-electron chi connectivity index (χ3n) is 4.02. The lowest BCUT2D eigenvalue weighted by atomic mass is 10.2. The topological polar surface area (TPSA) is 90.5 Å². The summed E-state index contributed by atoms with van der Waals surface area (Å²) in [5, 5.41) is 13.7. The summed E-state index contributed by atoms with van der Waals surface area (Å²) in [5.74, 6) is -1.68. The van der Waals surface area contributed by atoms with Crippen LogP contribution in [-0.2, 0) is 6.18 Å². The first-order valence-corrected chi connectivity index (χ1v) is 8.86. The van der Waals surface area contributed by atoms with Crippen LogP contribution in [0.3, 0.4) is 0 Å². The average molecular weight is 452 g/mol. The number of anilines is 1. The van der Waals surface area contributed by atoms with Crippen molar-refractivity contribution in [3.05, 3.63) is 77.2 Å². The average Bonchev–Trinajstić information content (AvgIpc) is 3.38. The van der Waals surface area contributed by atoms with Crippen molar-refractivity contribution in [2.24, 2.45) is 0 Å². The lowest BCUT2D eigenvalue weighted by Gasteiger charge is -2.13. The quantitative estimate of drug-likeness (QED) is 0.475. The van der Waals surface area contributed by atoms with E-state index in [4.69, 9.17) is 11.6 Å². The van der Waals surface area contributed by atoms with Gasteiger partial charge in [-0.1, -0.05) is 17.7 Å². The Bertz CT molecular complexity index is 1250. The number of benzene rings is 1. The van der Waals surface area contributed by atoms with Crippen molar-refractivity contribution in [2.75, 3.05) is 5.32 Å². The first-order valence-electron chi connectivity index (χ1n) is 8.49. The molecule has 3 aromatic heterocycles. The molecule has 8 nitrogen and oxygen atoms in total. The molecule has 158 valence electrons. The first-order chi connectivity index (χ1) is 14.7. The van der Waals surface area contributed by atoms with Crippen molar-refractivity contribution < 1.29 is 22.4 Å². The van der Waals surface area contributed by atoms with Gasteiger partial charge in [-0.15, -0.1) is 4.80 Å². The van der Waals surface area contributed by atoms with Crippen LogP contribution in [0.5, 0.6) is 0 Å². The Kier molecular flexibility index (Phi) is 5.15. The normalized spacial score (nSPS) is 11.5. The van der Waals surface area contributed by atoms with Crippen LogP contribution in [0.1, 0.15) is 16.1 Å². The van der Waals surface area contributed by atoms with Gasteiger partial charge in [-0.05, 0) is 24.3 Å². The van der Waals surface area contributed by atoms with Crippen molar-refractivity contribution >= 4 is 23.2 Å². The molecule has 1 amide bonds. The molecular formula is C18H10ClF4N7O. The highest BCUT2D eigenvalue weighted by atomic mass is 35.5. The Morgan fingerprint density at radius 3 is 2.45 bits per heavy atom. The number of hydrogen-bond donors (Lipinski definition) is 1. The fourth-order valence-electron chi connectivity index (χ4n) is 2.76. The van der Waals surface area contributed by atoms with Gasteiger partial charge in [0.05, 0.1) is 46.7 Å². The smallest absolute Gasteiger partial charge is 0.320 e. The Labute approximate surface area is 176 Å². The van der Waals surface area contributed by atoms with Gasteiger partial charge in [-0.2, -0.15) is 28.5 Å². The first kappa shape index (κ1) is 20.5. The van der Waals surface area contributed by atoms with Gasteiger partial charge in [-0.25, -0.2) is 14.1 Å². The number of carbonyl (C=O) groups excluding carboxylic acids is 1. The number of hydrogen-bond acceptors (Lipinski definition) is 5. The number of nitrogens with one attached hydrogen (secondary N) is 1. The van der Waals surface area contributed by atoms with Crippen LogP contribution in [0.4, 0.5) is 23.2 Å². The fourth-order valence-corrected chi connectivity index (χ4v) is 3.00. The standard InChI is InChI=1S/C18H10ClF4N7O/c19-14-7-11(8-24-16(14)30-25-4-5-26-30)28-17(31)13-9-27-29(15(13)18(21,22)23)12-3-1-2-10(20)6-12/h1-9H,(H,28,31). The van der Waals surface area contributed by atoms with Crippen LogP contribution in [0, 0.1) is 5.82 Å². The highest BCUT2D eigenvalue weighted by Crippen LogP contribution is 2.34. The van der Waals surface area contributed by atoms with Crippen molar-refractivity contribution in [2.45, 2.75) is 6.18 Å². The number of amides is 1. The zero-order valence-electron chi connectivity index (χ0n) is 15.2. The minimum atomic E-state index is -4.94. The maximum absolute atomic E-state index is 13.7. The van der Waals surface area contributed by atoms with E-state index in [-0.39, 0.29) is 22.2 Å². The number of alkyl halides is 3. The van der Waals surface area contributed by atoms with E-state index in [0.29, 0.717) is 4.68 Å². The maximum atomic E-state index is 13.7. The lowest BCUT2D eigenvalue weighted by molar-refractivity contribution is -0.143. The van der Waals surface area contributed by atoms with Gasteiger partial charge in [0.15, 0.2) is 11.5 Å². The van der Waals surface area contributed by atoms with Gasteiger partial charge in [-0.3, -0.25) is 4.79 Å². The molecule has 13 heteroatoms. The van der Waals surface area contributed by atoms with Crippen LogP contribution in [0.25, 0.3) is 11.5 Å². The van der Waals surface area contributed by atoms with Crippen molar-refractivity contribution in [3.63, 3.8) is 0 Å². The van der Waals surface area contributed by atoms with Gasteiger partial charge in [0.1, 0.15) is 5.82 Å². The molecule has 0 aliphatic heterocycles. The van der Waals surface area contributed by atoms with Crippen LogP contribution in [0.2, 0.25) is 5.02 Å². The second-order valence-electron chi connectivity index (χ2n) is 6.10. The summed E-state index contributed by atoms with van der Waals surface area (Å²) in [6.45, 7) is 0. The van der Waals surface area contributed by atoms with Crippen molar-refractivity contribution in [3.8, 4) is 11.5 Å². The molecule has 1 aromatic carbocycles. The molecule has 4 aromatic rings. The van der Waals surface area contributed by atoms with E-state index in [9.17, 15) is 22.4 Å². The van der Waals surface area contributed by atoms with Gasteiger partial charge in [0, 0.05) is 0 Å². The molecule has 1 N–H and O–H groups in total. The summed E-state index contributed by atoms with van der Waals surface area (Å²) < 4.78 is 55.1. The predicted molar refractivity (Wildman–Crippen MR) is 101 cm³/mol. The zero-order valence-corrected chi connectivity index (χ0v) is 15.9. The molecule has 0 aliphatic rings. The molecular weight excluding hydrogens is 442 g/mol. The Hall–Kier alpha value is -3.80. The van der Waals surface area contributed by atoms with E-state index < -0.39 is 29.2 Å². The summed E-state index contributed by atoms with van der Waals surface area (Å²) in [5.41, 5.74) is -2.26. The molecule has 3 heterocycles. The van der Waals surface area contributed by atoms with Gasteiger partial charge in [0.25, 0.3) is 5.91 Å². The van der Waals surface area contributed by atoms with Crippen LogP contribution >= 0.6 is 11.6 Å². The highest BCUT2D eigenvalue weighted by molar-refractivity contribution is 6.32. The monoisotopic (exact) mass is 451 g/mol. The van der Waals surface area contributed by atoms with E-state index in [0.717, 1.165) is 23.1 Å². The molecule has 4 rings (SSSR count).